The lowest BCUT2D eigenvalue weighted by molar-refractivity contribution is 0.0919. The average Bonchev–Trinajstić information content (AvgIpc) is 3.27. The lowest BCUT2D eigenvalue weighted by Crippen LogP contribution is -2.30. The number of nitrogens with one attached hydrogen (secondary N) is 1. The molecule has 2 heterocycles. The highest BCUT2D eigenvalue weighted by atomic mass is 32.1. The fourth-order valence-corrected chi connectivity index (χ4v) is 3.37. The fraction of sp³-hybridized carbons (Fsp3) is 0.0526. The molecule has 2 aromatic carbocycles. The molecule has 4 rings (SSSR count). The van der Waals surface area contributed by atoms with Crippen molar-refractivity contribution in [2.45, 2.75) is 6.54 Å². The average molecular weight is 363 g/mol. The summed E-state index contributed by atoms with van der Waals surface area (Å²) in [6, 6.07) is 13.2. The predicted molar refractivity (Wildman–Crippen MR) is 97.3 cm³/mol. The van der Waals surface area contributed by atoms with Gasteiger partial charge in [-0.15, -0.1) is 11.3 Å². The van der Waals surface area contributed by atoms with Gasteiger partial charge in [0.1, 0.15) is 0 Å². The molecule has 6 nitrogen and oxygen atoms in total. The molecule has 0 fully saturated rings. The molecule has 0 saturated heterocycles. The Hall–Kier alpha value is -3.32. The van der Waals surface area contributed by atoms with Crippen molar-refractivity contribution < 1.29 is 14.4 Å². The van der Waals surface area contributed by atoms with E-state index in [1.807, 2.05) is 5.38 Å². The van der Waals surface area contributed by atoms with Gasteiger partial charge in [0.2, 0.25) is 0 Å². The summed E-state index contributed by atoms with van der Waals surface area (Å²) < 4.78 is 0. The molecule has 0 radical (unpaired) electrons. The van der Waals surface area contributed by atoms with Crippen LogP contribution < -0.4 is 10.2 Å². The van der Waals surface area contributed by atoms with E-state index in [0.29, 0.717) is 28.9 Å². The normalized spacial score (nSPS) is 13.0. The Balaban J connectivity index is 1.57. The van der Waals surface area contributed by atoms with E-state index < -0.39 is 0 Å². The van der Waals surface area contributed by atoms with Crippen molar-refractivity contribution in [1.82, 2.24) is 10.3 Å². The van der Waals surface area contributed by atoms with Crippen LogP contribution in [0.15, 0.2) is 59.4 Å². The second-order valence-corrected chi connectivity index (χ2v) is 6.42. The van der Waals surface area contributed by atoms with Crippen molar-refractivity contribution in [1.29, 1.82) is 0 Å². The van der Waals surface area contributed by atoms with Crippen LogP contribution >= 0.6 is 11.3 Å². The standard InChI is InChI=1S/C19H13N3O3S/c23-17(20-9-13-10-26-11-21-13)12-4-3-5-14(8-12)22-18(24)15-6-1-2-7-16(15)19(22)25/h1-8,10-11H,9H2,(H,20,23). The third-order valence-corrected chi connectivity index (χ3v) is 4.71. The van der Waals surface area contributed by atoms with E-state index in [0.717, 1.165) is 10.6 Å². The van der Waals surface area contributed by atoms with Gasteiger partial charge in [-0.25, -0.2) is 9.88 Å². The van der Waals surface area contributed by atoms with Crippen molar-refractivity contribution >= 4 is 34.7 Å². The van der Waals surface area contributed by atoms with Crippen LogP contribution in [0.3, 0.4) is 0 Å². The van der Waals surface area contributed by atoms with Gasteiger partial charge < -0.3 is 5.32 Å². The number of hydrogen-bond acceptors (Lipinski definition) is 5. The molecule has 0 spiro atoms. The number of imide groups is 1. The van der Waals surface area contributed by atoms with Crippen molar-refractivity contribution in [3.63, 3.8) is 0 Å². The van der Waals surface area contributed by atoms with Gasteiger partial charge in [-0.2, -0.15) is 0 Å². The highest BCUT2D eigenvalue weighted by Crippen LogP contribution is 2.28. The Morgan fingerprint density at radius 3 is 2.42 bits per heavy atom. The number of carbonyl (C=O) groups is 3. The van der Waals surface area contributed by atoms with E-state index in [9.17, 15) is 14.4 Å². The molecule has 0 unspecified atom stereocenters. The molecule has 0 bridgehead atoms. The Morgan fingerprint density at radius 1 is 1.04 bits per heavy atom. The number of anilines is 1. The van der Waals surface area contributed by atoms with E-state index in [4.69, 9.17) is 0 Å². The summed E-state index contributed by atoms with van der Waals surface area (Å²) in [5.41, 5.74) is 3.96. The maximum Gasteiger partial charge on any atom is 0.266 e. The number of hydrogen-bond donors (Lipinski definition) is 1. The molecule has 1 N–H and O–H groups in total. The molecule has 1 aromatic heterocycles. The summed E-state index contributed by atoms with van der Waals surface area (Å²) >= 11 is 1.46. The Kier molecular flexibility index (Phi) is 4.06. The number of thiazole rings is 1. The first-order valence-corrected chi connectivity index (χ1v) is 8.82. The minimum absolute atomic E-state index is 0.295. The van der Waals surface area contributed by atoms with Crippen molar-refractivity contribution in [2.24, 2.45) is 0 Å². The van der Waals surface area contributed by atoms with Crippen LogP contribution in [-0.2, 0) is 6.54 Å². The van der Waals surface area contributed by atoms with E-state index >= 15 is 0 Å². The molecular formula is C19H13N3O3S. The second kappa shape index (κ2) is 6.53. The molecule has 1 aliphatic heterocycles. The summed E-state index contributed by atoms with van der Waals surface area (Å²) in [6.45, 7) is 0.319. The third-order valence-electron chi connectivity index (χ3n) is 4.07. The Bertz CT molecular complexity index is 979. The van der Waals surface area contributed by atoms with Crippen LogP contribution in [0.2, 0.25) is 0 Å². The van der Waals surface area contributed by atoms with Crippen LogP contribution in [0, 0.1) is 0 Å². The molecule has 7 heteroatoms. The van der Waals surface area contributed by atoms with Gasteiger partial charge in [0, 0.05) is 10.9 Å². The number of fused-ring (bicyclic) bond motifs is 1. The van der Waals surface area contributed by atoms with Gasteiger partial charge in [-0.1, -0.05) is 18.2 Å². The van der Waals surface area contributed by atoms with Crippen LogP contribution in [0.5, 0.6) is 0 Å². The Morgan fingerprint density at radius 2 is 1.77 bits per heavy atom. The van der Waals surface area contributed by atoms with E-state index in [1.54, 1.807) is 48.0 Å². The van der Waals surface area contributed by atoms with Crippen LogP contribution in [-0.4, -0.2) is 22.7 Å². The number of benzene rings is 2. The van der Waals surface area contributed by atoms with E-state index in [1.165, 1.54) is 17.4 Å². The molecule has 0 atom stereocenters. The SMILES string of the molecule is O=C(NCc1cscn1)c1cccc(N2C(=O)c3ccccc3C2=O)c1. The zero-order valence-electron chi connectivity index (χ0n) is 13.5. The maximum absolute atomic E-state index is 12.6. The van der Waals surface area contributed by atoms with Crippen molar-refractivity contribution in [3.8, 4) is 0 Å². The minimum atomic E-state index is -0.384. The molecule has 1 aliphatic rings. The summed E-state index contributed by atoms with van der Waals surface area (Å²) in [6.07, 6.45) is 0. The second-order valence-electron chi connectivity index (χ2n) is 5.70. The van der Waals surface area contributed by atoms with Crippen molar-refractivity contribution in [2.75, 3.05) is 4.90 Å². The smallest absolute Gasteiger partial charge is 0.266 e. The monoisotopic (exact) mass is 363 g/mol. The number of amides is 3. The van der Waals surface area contributed by atoms with Gasteiger partial charge in [0.05, 0.1) is 34.6 Å². The van der Waals surface area contributed by atoms with Gasteiger partial charge in [-0.3, -0.25) is 14.4 Å². The van der Waals surface area contributed by atoms with Crippen LogP contribution in [0.1, 0.15) is 36.8 Å². The molecule has 3 aromatic rings. The maximum atomic E-state index is 12.6. The lowest BCUT2D eigenvalue weighted by atomic mass is 10.1. The molecule has 0 saturated carbocycles. The van der Waals surface area contributed by atoms with Gasteiger partial charge in [0.25, 0.3) is 17.7 Å². The van der Waals surface area contributed by atoms with E-state index in [-0.39, 0.29) is 17.7 Å². The Labute approximate surface area is 153 Å². The molecule has 3 amide bonds. The lowest BCUT2D eigenvalue weighted by Gasteiger charge is -2.15. The number of nitrogens with zero attached hydrogens (tertiary/aromatic N) is 2. The summed E-state index contributed by atoms with van der Waals surface area (Å²) in [4.78, 5) is 42.7. The van der Waals surface area contributed by atoms with Crippen molar-refractivity contribution in [3.05, 3.63) is 81.8 Å². The topological polar surface area (TPSA) is 79.4 Å². The first kappa shape index (κ1) is 16.2. The number of rotatable bonds is 4. The van der Waals surface area contributed by atoms with Gasteiger partial charge in [0.15, 0.2) is 0 Å². The highest BCUT2D eigenvalue weighted by molar-refractivity contribution is 7.07. The summed E-state index contributed by atoms with van der Waals surface area (Å²) in [7, 11) is 0. The summed E-state index contributed by atoms with van der Waals surface area (Å²) in [5, 5.41) is 4.63. The van der Waals surface area contributed by atoms with Crippen LogP contribution in [0.25, 0.3) is 0 Å². The fourth-order valence-electron chi connectivity index (χ4n) is 2.81. The zero-order chi connectivity index (χ0) is 18.1. The molecule has 128 valence electrons. The first-order chi connectivity index (χ1) is 12.6. The first-order valence-electron chi connectivity index (χ1n) is 7.88. The third kappa shape index (κ3) is 2.78. The number of carbonyl (C=O) groups excluding carboxylic acids is 3. The summed E-state index contributed by atoms with van der Waals surface area (Å²) in [5.74, 6) is -1.06. The predicted octanol–water partition coefficient (Wildman–Crippen LogP) is 2.87. The highest BCUT2D eigenvalue weighted by Gasteiger charge is 2.36. The van der Waals surface area contributed by atoms with Gasteiger partial charge in [-0.05, 0) is 30.3 Å². The van der Waals surface area contributed by atoms with Gasteiger partial charge >= 0.3 is 0 Å². The minimum Gasteiger partial charge on any atom is -0.346 e. The molecular weight excluding hydrogens is 350 g/mol. The van der Waals surface area contributed by atoms with E-state index in [2.05, 4.69) is 10.3 Å². The molecule has 0 aliphatic carbocycles. The van der Waals surface area contributed by atoms with Crippen LogP contribution in [0.4, 0.5) is 5.69 Å². The number of aromatic nitrogens is 1. The molecule has 26 heavy (non-hydrogen) atoms. The largest absolute Gasteiger partial charge is 0.346 e. The quantitative estimate of drug-likeness (QED) is 0.723. The zero-order valence-corrected chi connectivity index (χ0v) is 14.3.